The lowest BCUT2D eigenvalue weighted by atomic mass is 10.2. The van der Waals surface area contributed by atoms with Crippen molar-refractivity contribution in [2.75, 3.05) is 12.4 Å². The topological polar surface area (TPSA) is 119 Å². The van der Waals surface area contributed by atoms with E-state index in [-0.39, 0.29) is 0 Å². The average Bonchev–Trinajstić information content (AvgIpc) is 2.57. The van der Waals surface area contributed by atoms with Crippen molar-refractivity contribution in [3.63, 3.8) is 0 Å². The van der Waals surface area contributed by atoms with Crippen LogP contribution in [0.3, 0.4) is 0 Å². The van der Waals surface area contributed by atoms with Gasteiger partial charge in [0.05, 0.1) is 12.8 Å². The van der Waals surface area contributed by atoms with Gasteiger partial charge in [0.15, 0.2) is 6.10 Å². The number of ether oxygens (including phenoxy) is 2. The Morgan fingerprint density at radius 3 is 2.64 bits per heavy atom. The molecule has 0 fully saturated rings. The standard InChI is InChI=1S/C16H17N3O6/c1-10(15(22)17-11-5-3-4-6-12(11)24-2)25-14(21)9-19-8-7-13(20)18-16(19)23/h3-8,10H,9H2,1-2H3,(H,17,22)(H,18,20,23)/t10-/m0/s1. The smallest absolute Gasteiger partial charge is 0.328 e. The van der Waals surface area contributed by atoms with Crippen LogP contribution in [0, 0.1) is 0 Å². The Labute approximate surface area is 142 Å². The number of H-pyrrole nitrogens is 1. The highest BCUT2D eigenvalue weighted by Crippen LogP contribution is 2.23. The minimum absolute atomic E-state index is 0.429. The predicted molar refractivity (Wildman–Crippen MR) is 88.5 cm³/mol. The first kappa shape index (κ1) is 18.0. The fraction of sp³-hybridized carbons (Fsp3) is 0.250. The first-order valence-corrected chi connectivity index (χ1v) is 7.34. The third-order valence-corrected chi connectivity index (χ3v) is 3.24. The lowest BCUT2D eigenvalue weighted by Gasteiger charge is -2.15. The summed E-state index contributed by atoms with van der Waals surface area (Å²) >= 11 is 0. The molecule has 1 amide bonds. The van der Waals surface area contributed by atoms with Crippen molar-refractivity contribution in [1.29, 1.82) is 0 Å². The molecule has 132 valence electrons. The van der Waals surface area contributed by atoms with Crippen molar-refractivity contribution >= 4 is 17.6 Å². The molecule has 0 radical (unpaired) electrons. The largest absolute Gasteiger partial charge is 0.495 e. The fourth-order valence-corrected chi connectivity index (χ4v) is 1.98. The van der Waals surface area contributed by atoms with Crippen LogP contribution in [0.15, 0.2) is 46.1 Å². The molecule has 1 aromatic heterocycles. The maximum atomic E-state index is 12.1. The van der Waals surface area contributed by atoms with E-state index in [0.717, 1.165) is 10.6 Å². The lowest BCUT2D eigenvalue weighted by Crippen LogP contribution is -2.35. The van der Waals surface area contributed by atoms with Gasteiger partial charge in [0.25, 0.3) is 11.5 Å². The summed E-state index contributed by atoms with van der Waals surface area (Å²) in [5.41, 5.74) is -0.871. The van der Waals surface area contributed by atoms with Crippen LogP contribution in [0.25, 0.3) is 0 Å². The summed E-state index contributed by atoms with van der Waals surface area (Å²) in [6, 6.07) is 7.89. The van der Waals surface area contributed by atoms with Crippen molar-refractivity contribution in [2.45, 2.75) is 19.6 Å². The monoisotopic (exact) mass is 347 g/mol. The Balaban J connectivity index is 1.97. The van der Waals surface area contributed by atoms with Gasteiger partial charge in [-0.2, -0.15) is 0 Å². The molecule has 0 spiro atoms. The van der Waals surface area contributed by atoms with E-state index in [9.17, 15) is 19.2 Å². The van der Waals surface area contributed by atoms with Gasteiger partial charge in [0, 0.05) is 12.3 Å². The molecule has 0 saturated carbocycles. The number of nitrogens with one attached hydrogen (secondary N) is 2. The molecule has 1 heterocycles. The molecule has 1 aromatic carbocycles. The summed E-state index contributed by atoms with van der Waals surface area (Å²) in [5.74, 6) is -0.877. The van der Waals surface area contributed by atoms with E-state index in [1.807, 2.05) is 4.98 Å². The number of benzene rings is 1. The number of anilines is 1. The molecule has 0 bridgehead atoms. The van der Waals surface area contributed by atoms with Gasteiger partial charge < -0.3 is 14.8 Å². The number of hydrogen-bond donors (Lipinski definition) is 2. The van der Waals surface area contributed by atoms with Crippen LogP contribution >= 0.6 is 0 Å². The highest BCUT2D eigenvalue weighted by atomic mass is 16.5. The maximum Gasteiger partial charge on any atom is 0.328 e. The second-order valence-corrected chi connectivity index (χ2v) is 5.06. The van der Waals surface area contributed by atoms with Crippen LogP contribution in [0.2, 0.25) is 0 Å². The molecule has 9 heteroatoms. The van der Waals surface area contributed by atoms with E-state index in [1.165, 1.54) is 20.2 Å². The van der Waals surface area contributed by atoms with E-state index in [2.05, 4.69) is 5.32 Å². The molecule has 9 nitrogen and oxygen atoms in total. The number of rotatable bonds is 6. The minimum Gasteiger partial charge on any atom is -0.495 e. The quantitative estimate of drug-likeness (QED) is 0.716. The minimum atomic E-state index is -1.09. The second-order valence-electron chi connectivity index (χ2n) is 5.06. The van der Waals surface area contributed by atoms with Crippen LogP contribution in [-0.4, -0.2) is 34.6 Å². The number of amides is 1. The number of aromatic amines is 1. The summed E-state index contributed by atoms with van der Waals surface area (Å²) < 4.78 is 11.1. The molecule has 0 aliphatic rings. The number of aromatic nitrogens is 2. The van der Waals surface area contributed by atoms with Gasteiger partial charge in [-0.05, 0) is 19.1 Å². The van der Waals surface area contributed by atoms with Gasteiger partial charge in [-0.1, -0.05) is 12.1 Å². The summed E-state index contributed by atoms with van der Waals surface area (Å²) in [7, 11) is 1.47. The molecule has 2 N–H and O–H groups in total. The predicted octanol–water partition coefficient (Wildman–Crippen LogP) is 0.116. The van der Waals surface area contributed by atoms with E-state index in [0.29, 0.717) is 11.4 Å². The molecule has 0 saturated heterocycles. The first-order valence-electron chi connectivity index (χ1n) is 7.34. The summed E-state index contributed by atoms with van der Waals surface area (Å²) in [6.07, 6.45) is 0.0815. The van der Waals surface area contributed by atoms with E-state index < -0.39 is 35.8 Å². The summed E-state index contributed by atoms with van der Waals surface area (Å²) in [5, 5.41) is 2.59. The Morgan fingerprint density at radius 1 is 1.24 bits per heavy atom. The number of carbonyl (C=O) groups excluding carboxylic acids is 2. The van der Waals surface area contributed by atoms with E-state index >= 15 is 0 Å². The Hall–Kier alpha value is -3.36. The first-order chi connectivity index (χ1) is 11.9. The summed E-state index contributed by atoms with van der Waals surface area (Å²) in [6.45, 7) is 0.972. The van der Waals surface area contributed by atoms with Gasteiger partial charge >= 0.3 is 11.7 Å². The van der Waals surface area contributed by atoms with Gasteiger partial charge in [0.1, 0.15) is 12.3 Å². The van der Waals surface area contributed by atoms with Crippen molar-refractivity contribution in [2.24, 2.45) is 0 Å². The summed E-state index contributed by atoms with van der Waals surface area (Å²) in [4.78, 5) is 48.5. The van der Waals surface area contributed by atoms with Gasteiger partial charge in [-0.25, -0.2) is 4.79 Å². The molecule has 0 aliphatic carbocycles. The van der Waals surface area contributed by atoms with Crippen LogP contribution in [-0.2, 0) is 20.9 Å². The lowest BCUT2D eigenvalue weighted by molar-refractivity contribution is -0.153. The molecule has 25 heavy (non-hydrogen) atoms. The van der Waals surface area contributed by atoms with Crippen LogP contribution in [0.4, 0.5) is 5.69 Å². The van der Waals surface area contributed by atoms with Gasteiger partial charge in [0.2, 0.25) is 0 Å². The Morgan fingerprint density at radius 2 is 1.96 bits per heavy atom. The normalized spacial score (nSPS) is 11.4. The number of esters is 1. The zero-order valence-electron chi connectivity index (χ0n) is 13.6. The zero-order valence-corrected chi connectivity index (χ0v) is 13.6. The number of nitrogens with zero attached hydrogens (tertiary/aromatic N) is 1. The molecule has 1 atom stereocenters. The van der Waals surface area contributed by atoms with Gasteiger partial charge in [-0.3, -0.25) is 23.9 Å². The molecule has 2 aromatic rings. The second kappa shape index (κ2) is 7.95. The van der Waals surface area contributed by atoms with Crippen LogP contribution in [0.5, 0.6) is 5.75 Å². The molecule has 0 aliphatic heterocycles. The van der Waals surface area contributed by atoms with Crippen molar-refractivity contribution in [1.82, 2.24) is 9.55 Å². The third kappa shape index (κ3) is 4.80. The molecule has 0 unspecified atom stereocenters. The molecule has 2 rings (SSSR count). The fourth-order valence-electron chi connectivity index (χ4n) is 1.98. The van der Waals surface area contributed by atoms with Crippen LogP contribution in [0.1, 0.15) is 6.92 Å². The third-order valence-electron chi connectivity index (χ3n) is 3.24. The highest BCUT2D eigenvalue weighted by Gasteiger charge is 2.19. The maximum absolute atomic E-state index is 12.1. The zero-order chi connectivity index (χ0) is 18.4. The number of para-hydroxylation sites is 2. The van der Waals surface area contributed by atoms with E-state index in [1.54, 1.807) is 24.3 Å². The number of carbonyl (C=O) groups is 2. The molecular formula is C16H17N3O6. The van der Waals surface area contributed by atoms with Crippen molar-refractivity contribution in [3.8, 4) is 5.75 Å². The van der Waals surface area contributed by atoms with Crippen molar-refractivity contribution < 1.29 is 19.1 Å². The Kier molecular flexibility index (Phi) is 5.72. The van der Waals surface area contributed by atoms with E-state index in [4.69, 9.17) is 9.47 Å². The number of hydrogen-bond acceptors (Lipinski definition) is 6. The highest BCUT2D eigenvalue weighted by molar-refractivity contribution is 5.96. The average molecular weight is 347 g/mol. The number of methoxy groups -OCH3 is 1. The van der Waals surface area contributed by atoms with Gasteiger partial charge in [-0.15, -0.1) is 0 Å². The van der Waals surface area contributed by atoms with Crippen molar-refractivity contribution in [3.05, 3.63) is 57.4 Å². The SMILES string of the molecule is COc1ccccc1NC(=O)[C@H](C)OC(=O)Cn1ccc(=O)[nH]c1=O. The van der Waals surface area contributed by atoms with Crippen LogP contribution < -0.4 is 21.3 Å². The molecular weight excluding hydrogens is 330 g/mol. The Bertz CT molecular complexity index is 886.